The minimum atomic E-state index is 0. The Bertz CT molecular complexity index is 1800. The van der Waals surface area contributed by atoms with Gasteiger partial charge in [0, 0.05) is 0 Å². The van der Waals surface area contributed by atoms with Gasteiger partial charge in [-0.15, -0.1) is 16.7 Å². The van der Waals surface area contributed by atoms with Crippen LogP contribution in [-0.2, 0) is 52.3 Å². The Morgan fingerprint density at radius 2 is 1.02 bits per heavy atom. The Kier molecular flexibility index (Phi) is 16.6. The Morgan fingerprint density at radius 3 is 1.40 bits per heavy atom. The molecule has 1 aliphatic rings. The standard InChI is InChI=1S/C29H41.C13H8Br2.C5H5.2ClH.Zr/c1-26(2,3)22-14-18-13-19-15-23(27(4,5)6)25(29(10,11)12)17-21(19)20(18)16-24(22)28(7,8)9;14-12-5-1-3-10(8-12)7-11-4-2-6-13(15)9-11;1-2-4-5-3-1;;;/h14,16-17H,13H2,1-12H3;1-6,8-9H;1-5H;2*1H;/q-1;;-1;;;+2/p-2. The molecular weight excluding hydrogens is 886 g/mol. The second-order valence-corrected chi connectivity index (χ2v) is 20.6. The van der Waals surface area contributed by atoms with Crippen molar-refractivity contribution in [3.05, 3.63) is 157 Å². The van der Waals surface area contributed by atoms with Gasteiger partial charge in [0.05, 0.1) is 0 Å². The van der Waals surface area contributed by atoms with Crippen LogP contribution in [0.2, 0.25) is 0 Å². The Hall–Kier alpha value is -1.48. The van der Waals surface area contributed by atoms with Gasteiger partial charge >= 0.3 is 128 Å². The van der Waals surface area contributed by atoms with Crippen molar-refractivity contribution in [2.45, 2.75) is 111 Å². The van der Waals surface area contributed by atoms with Gasteiger partial charge in [-0.1, -0.05) is 106 Å². The van der Waals surface area contributed by atoms with Crippen molar-refractivity contribution in [2.24, 2.45) is 0 Å². The van der Waals surface area contributed by atoms with E-state index in [0.29, 0.717) is 0 Å². The molecule has 0 atom stereocenters. The van der Waals surface area contributed by atoms with E-state index in [9.17, 15) is 0 Å². The van der Waals surface area contributed by atoms with Gasteiger partial charge < -0.3 is 24.8 Å². The molecule has 0 spiro atoms. The van der Waals surface area contributed by atoms with Crippen molar-refractivity contribution in [3.8, 4) is 11.1 Å². The first-order valence-electron chi connectivity index (χ1n) is 17.6. The number of benzene rings is 4. The topological polar surface area (TPSA) is 0 Å². The predicted molar refractivity (Wildman–Crippen MR) is 222 cm³/mol. The monoisotopic (exact) mass is 936 g/mol. The van der Waals surface area contributed by atoms with E-state index in [1.54, 1.807) is 0 Å². The van der Waals surface area contributed by atoms with E-state index < -0.39 is 0 Å². The zero-order valence-electron chi connectivity index (χ0n) is 33.0. The summed E-state index contributed by atoms with van der Waals surface area (Å²) in [5.74, 6) is 0. The predicted octanol–water partition coefficient (Wildman–Crippen LogP) is 7.99. The third-order valence-corrected chi connectivity index (χ3v) is 11.4. The van der Waals surface area contributed by atoms with Crippen LogP contribution < -0.4 is 24.8 Å². The maximum atomic E-state index is 3.90. The quantitative estimate of drug-likeness (QED) is 0.155. The van der Waals surface area contributed by atoms with Crippen LogP contribution in [0.5, 0.6) is 0 Å². The molecule has 5 heteroatoms. The molecule has 0 bridgehead atoms. The van der Waals surface area contributed by atoms with Crippen LogP contribution in [0.15, 0.2) is 106 Å². The number of hydrogen-bond acceptors (Lipinski definition) is 0. The van der Waals surface area contributed by atoms with Crippen LogP contribution in [-0.4, -0.2) is 3.21 Å². The summed E-state index contributed by atoms with van der Waals surface area (Å²) < 4.78 is 3.62. The molecule has 0 fully saturated rings. The Labute approximate surface area is 359 Å². The molecule has 0 aromatic heterocycles. The minimum Gasteiger partial charge on any atom is -1.00 e. The molecule has 0 radical (unpaired) electrons. The molecule has 0 saturated carbocycles. The van der Waals surface area contributed by atoms with Gasteiger partial charge in [0.2, 0.25) is 0 Å². The second kappa shape index (κ2) is 18.4. The van der Waals surface area contributed by atoms with Crippen LogP contribution in [0.25, 0.3) is 11.1 Å². The summed E-state index contributed by atoms with van der Waals surface area (Å²) in [6.45, 7) is 28.0. The first-order valence-corrected chi connectivity index (χ1v) is 20.4. The fourth-order valence-corrected chi connectivity index (χ4v) is 7.96. The largest absolute Gasteiger partial charge is 1.00 e. The van der Waals surface area contributed by atoms with E-state index in [1.807, 2.05) is 42.5 Å². The molecule has 0 amide bonds. The molecule has 6 rings (SSSR count). The van der Waals surface area contributed by atoms with Crippen LogP contribution in [0.4, 0.5) is 0 Å². The SMILES string of the molecule is Brc1cccc([C](=[Zr+2])c2cccc(Br)c2)c1.CC(C)(C)c1[c-]c2c(cc1C(C)(C)C)-c1cc(C(C)(C)C)c(C(C)(C)C)cc1C2.[Cl-].[Cl-].c1cc[cH-]c1. The maximum Gasteiger partial charge on any atom is -0.0129 e. The zero-order chi connectivity index (χ0) is 37.2. The van der Waals surface area contributed by atoms with Crippen molar-refractivity contribution in [1.29, 1.82) is 0 Å². The van der Waals surface area contributed by atoms with Crippen molar-refractivity contribution < 1.29 is 49.0 Å². The molecule has 52 heavy (non-hydrogen) atoms. The van der Waals surface area contributed by atoms with Crippen molar-refractivity contribution in [3.63, 3.8) is 0 Å². The van der Waals surface area contributed by atoms with Crippen molar-refractivity contribution in [2.75, 3.05) is 0 Å². The number of halogens is 4. The summed E-state index contributed by atoms with van der Waals surface area (Å²) in [5.41, 5.74) is 14.5. The van der Waals surface area contributed by atoms with Gasteiger partial charge in [-0.25, -0.2) is 12.1 Å². The first-order chi connectivity index (χ1) is 23.1. The number of fused-ring (bicyclic) bond motifs is 3. The summed E-state index contributed by atoms with van der Waals surface area (Å²) in [7, 11) is 0. The summed E-state index contributed by atoms with van der Waals surface area (Å²) in [4.78, 5) is 0. The normalized spacial score (nSPS) is 12.2. The zero-order valence-corrected chi connectivity index (χ0v) is 40.1. The molecular formula is C47H54Br2Cl2Zr-2. The first kappa shape index (κ1) is 46.7. The van der Waals surface area contributed by atoms with Crippen LogP contribution in [0, 0.1) is 6.07 Å². The Morgan fingerprint density at radius 1 is 0.577 bits per heavy atom. The third kappa shape index (κ3) is 12.0. The van der Waals surface area contributed by atoms with E-state index >= 15 is 0 Å². The van der Waals surface area contributed by atoms with E-state index in [-0.39, 0.29) is 46.5 Å². The van der Waals surface area contributed by atoms with Gasteiger partial charge in [-0.2, -0.15) is 35.9 Å². The van der Waals surface area contributed by atoms with Crippen LogP contribution in [0.1, 0.15) is 128 Å². The van der Waals surface area contributed by atoms with Gasteiger partial charge in [-0.05, 0) is 39.4 Å². The van der Waals surface area contributed by atoms with Gasteiger partial charge in [0.1, 0.15) is 0 Å². The third-order valence-electron chi connectivity index (χ3n) is 9.02. The average molecular weight is 941 g/mol. The molecule has 0 saturated heterocycles. The summed E-state index contributed by atoms with van der Waals surface area (Å²) >= 11 is 8.43. The van der Waals surface area contributed by atoms with Gasteiger partial charge in [0.25, 0.3) is 0 Å². The fraction of sp³-hybridized carbons (Fsp3) is 0.362. The molecule has 0 heterocycles. The molecule has 0 N–H and O–H groups in total. The molecule has 5 aromatic rings. The maximum absolute atomic E-state index is 3.90. The molecule has 0 unspecified atom stereocenters. The van der Waals surface area contributed by atoms with Gasteiger partial charge in [-0.3, -0.25) is 0 Å². The molecule has 1 aliphatic carbocycles. The van der Waals surface area contributed by atoms with Crippen molar-refractivity contribution >= 4 is 35.1 Å². The smallest absolute Gasteiger partial charge is 0.0129 e. The number of hydrogen-bond donors (Lipinski definition) is 0. The van der Waals surface area contributed by atoms with E-state index in [4.69, 9.17) is 0 Å². The minimum absolute atomic E-state index is 0. The Balaban J connectivity index is 0.000000340. The average Bonchev–Trinajstić information content (AvgIpc) is 3.70. The number of rotatable bonds is 2. The van der Waals surface area contributed by atoms with Gasteiger partial charge in [0.15, 0.2) is 0 Å². The van der Waals surface area contributed by atoms with E-state index in [0.717, 1.165) is 15.4 Å². The van der Waals surface area contributed by atoms with Crippen LogP contribution >= 0.6 is 31.9 Å². The van der Waals surface area contributed by atoms with Crippen LogP contribution in [0.3, 0.4) is 0 Å². The second-order valence-electron chi connectivity index (χ2n) is 17.5. The summed E-state index contributed by atoms with van der Waals surface area (Å²) in [6, 6.07) is 38.2. The van der Waals surface area contributed by atoms with E-state index in [2.05, 4.69) is 176 Å². The molecule has 0 nitrogen and oxygen atoms in total. The van der Waals surface area contributed by atoms with Crippen molar-refractivity contribution in [1.82, 2.24) is 0 Å². The molecule has 276 valence electrons. The molecule has 0 aliphatic heterocycles. The summed E-state index contributed by atoms with van der Waals surface area (Å²) in [5, 5.41) is 0. The fourth-order valence-electron chi connectivity index (χ4n) is 6.40. The molecule has 5 aromatic carbocycles. The summed E-state index contributed by atoms with van der Waals surface area (Å²) in [6.07, 6.45) is 1.01. The van der Waals surface area contributed by atoms with E-state index in [1.165, 1.54) is 83.1 Å².